The number of aromatic nitrogens is 1. The Morgan fingerprint density at radius 2 is 1.82 bits per heavy atom. The smallest absolute Gasteiger partial charge is 0.161 e. The van der Waals surface area contributed by atoms with E-state index in [4.69, 9.17) is 9.47 Å². The van der Waals surface area contributed by atoms with Crippen LogP contribution >= 0.6 is 11.5 Å². The average molecular weight is 314 g/mol. The average Bonchev–Trinajstić information content (AvgIpc) is 2.98. The van der Waals surface area contributed by atoms with Gasteiger partial charge in [-0.2, -0.15) is 4.37 Å². The molecule has 0 saturated carbocycles. The minimum absolute atomic E-state index is 0.744. The second-order valence-electron chi connectivity index (χ2n) is 5.05. The summed E-state index contributed by atoms with van der Waals surface area (Å²) in [6.07, 6.45) is 0. The van der Waals surface area contributed by atoms with Crippen molar-refractivity contribution in [2.24, 2.45) is 0 Å². The van der Waals surface area contributed by atoms with Gasteiger partial charge in [-0.15, -0.1) is 0 Å². The van der Waals surface area contributed by atoms with Crippen LogP contribution in [-0.2, 0) is 6.54 Å². The number of hydrogen-bond acceptors (Lipinski definition) is 5. The molecule has 5 heteroatoms. The summed E-state index contributed by atoms with van der Waals surface area (Å²) in [6.45, 7) is 0.758. The van der Waals surface area contributed by atoms with Crippen LogP contribution < -0.4 is 14.4 Å². The van der Waals surface area contributed by atoms with Crippen molar-refractivity contribution < 1.29 is 9.47 Å². The predicted octanol–water partition coefficient (Wildman–Crippen LogP) is 3.95. The molecule has 0 spiro atoms. The molecule has 0 N–H and O–H groups in total. The number of ether oxygens (including phenoxy) is 2. The summed E-state index contributed by atoms with van der Waals surface area (Å²) >= 11 is 1.53. The Labute approximate surface area is 134 Å². The van der Waals surface area contributed by atoms with Gasteiger partial charge in [0.1, 0.15) is 5.82 Å². The van der Waals surface area contributed by atoms with Crippen molar-refractivity contribution in [1.29, 1.82) is 0 Å². The standard InChI is InChI=1S/C17H18N2O2S/c1-19(17-13-6-4-5-7-16(13)22-18-17)11-12-8-9-14(20-2)15(10-12)21-3/h4-10H,11H2,1-3H3. The normalized spacial score (nSPS) is 10.7. The molecular formula is C17H18N2O2S. The van der Waals surface area contributed by atoms with Crippen LogP contribution in [0.3, 0.4) is 0 Å². The third-order valence-corrected chi connectivity index (χ3v) is 4.40. The fraction of sp³-hybridized carbons (Fsp3) is 0.235. The molecule has 0 aliphatic carbocycles. The maximum Gasteiger partial charge on any atom is 0.161 e. The minimum atomic E-state index is 0.744. The Kier molecular flexibility index (Phi) is 4.15. The molecule has 22 heavy (non-hydrogen) atoms. The van der Waals surface area contributed by atoms with Gasteiger partial charge in [0.15, 0.2) is 11.5 Å². The van der Waals surface area contributed by atoms with Crippen LogP contribution in [0.15, 0.2) is 42.5 Å². The van der Waals surface area contributed by atoms with Crippen LogP contribution in [0.5, 0.6) is 11.5 Å². The molecule has 0 bridgehead atoms. The zero-order valence-corrected chi connectivity index (χ0v) is 13.7. The number of methoxy groups -OCH3 is 2. The first kappa shape index (κ1) is 14.7. The van der Waals surface area contributed by atoms with Crippen LogP contribution in [0.4, 0.5) is 5.82 Å². The lowest BCUT2D eigenvalue weighted by Crippen LogP contribution is -2.16. The first-order valence-electron chi connectivity index (χ1n) is 6.99. The Balaban J connectivity index is 1.86. The third kappa shape index (κ3) is 2.72. The number of hydrogen-bond donors (Lipinski definition) is 0. The molecule has 0 radical (unpaired) electrons. The van der Waals surface area contributed by atoms with E-state index in [1.54, 1.807) is 14.2 Å². The fourth-order valence-corrected chi connectivity index (χ4v) is 3.30. The number of fused-ring (bicyclic) bond motifs is 1. The van der Waals surface area contributed by atoms with Crippen LogP contribution in [0.25, 0.3) is 10.1 Å². The van der Waals surface area contributed by atoms with Gasteiger partial charge in [0.05, 0.1) is 18.9 Å². The van der Waals surface area contributed by atoms with Gasteiger partial charge in [0.25, 0.3) is 0 Å². The molecule has 1 aromatic heterocycles. The highest BCUT2D eigenvalue weighted by Crippen LogP contribution is 2.31. The lowest BCUT2D eigenvalue weighted by atomic mass is 10.2. The quantitative estimate of drug-likeness (QED) is 0.714. The molecule has 0 aliphatic heterocycles. The molecule has 0 atom stereocenters. The summed E-state index contributed by atoms with van der Waals surface area (Å²) < 4.78 is 16.4. The zero-order valence-electron chi connectivity index (χ0n) is 12.9. The first-order chi connectivity index (χ1) is 10.7. The van der Waals surface area contributed by atoms with E-state index in [-0.39, 0.29) is 0 Å². The summed E-state index contributed by atoms with van der Waals surface area (Å²) in [7, 11) is 5.35. The maximum absolute atomic E-state index is 5.36. The van der Waals surface area contributed by atoms with E-state index in [1.165, 1.54) is 21.6 Å². The SMILES string of the molecule is COc1ccc(CN(C)c2nsc3ccccc23)cc1OC. The fourth-order valence-electron chi connectivity index (χ4n) is 2.48. The van der Waals surface area contributed by atoms with Gasteiger partial charge < -0.3 is 14.4 Å². The van der Waals surface area contributed by atoms with E-state index in [9.17, 15) is 0 Å². The highest BCUT2D eigenvalue weighted by atomic mass is 32.1. The van der Waals surface area contributed by atoms with E-state index in [0.29, 0.717) is 0 Å². The van der Waals surface area contributed by atoms with Crippen molar-refractivity contribution in [3.05, 3.63) is 48.0 Å². The molecule has 2 aromatic carbocycles. The maximum atomic E-state index is 5.36. The van der Waals surface area contributed by atoms with Crippen LogP contribution in [-0.4, -0.2) is 25.6 Å². The Bertz CT molecular complexity index is 785. The van der Waals surface area contributed by atoms with Gasteiger partial charge in [-0.05, 0) is 41.4 Å². The van der Waals surface area contributed by atoms with E-state index in [1.807, 2.05) is 30.3 Å². The largest absolute Gasteiger partial charge is 0.493 e. The molecule has 3 aromatic rings. The van der Waals surface area contributed by atoms with Crippen molar-refractivity contribution in [2.75, 3.05) is 26.2 Å². The van der Waals surface area contributed by atoms with E-state index < -0.39 is 0 Å². The second-order valence-corrected chi connectivity index (χ2v) is 5.85. The number of nitrogens with zero attached hydrogens (tertiary/aromatic N) is 2. The summed E-state index contributed by atoms with van der Waals surface area (Å²) in [5.41, 5.74) is 1.15. The number of rotatable bonds is 5. The van der Waals surface area contributed by atoms with Gasteiger partial charge in [-0.25, -0.2) is 0 Å². The zero-order chi connectivity index (χ0) is 15.5. The van der Waals surface area contributed by atoms with E-state index in [2.05, 4.69) is 28.5 Å². The van der Waals surface area contributed by atoms with Crippen molar-refractivity contribution >= 4 is 27.4 Å². The third-order valence-electron chi connectivity index (χ3n) is 3.59. The first-order valence-corrected chi connectivity index (χ1v) is 7.76. The number of benzene rings is 2. The van der Waals surface area contributed by atoms with Crippen molar-refractivity contribution in [3.63, 3.8) is 0 Å². The lowest BCUT2D eigenvalue weighted by molar-refractivity contribution is 0.354. The van der Waals surface area contributed by atoms with Crippen molar-refractivity contribution in [3.8, 4) is 11.5 Å². The van der Waals surface area contributed by atoms with Gasteiger partial charge in [0, 0.05) is 19.0 Å². The number of anilines is 1. The topological polar surface area (TPSA) is 34.6 Å². The summed E-state index contributed by atoms with van der Waals surface area (Å²) in [5.74, 6) is 2.50. The van der Waals surface area contributed by atoms with Crippen molar-refractivity contribution in [2.45, 2.75) is 6.54 Å². The van der Waals surface area contributed by atoms with Crippen LogP contribution in [0.2, 0.25) is 0 Å². The van der Waals surface area contributed by atoms with Crippen LogP contribution in [0.1, 0.15) is 5.56 Å². The summed E-state index contributed by atoms with van der Waals surface area (Å²) in [4.78, 5) is 2.15. The Morgan fingerprint density at radius 1 is 1.05 bits per heavy atom. The van der Waals surface area contributed by atoms with Gasteiger partial charge in [-0.1, -0.05) is 18.2 Å². The molecule has 1 heterocycles. The highest BCUT2D eigenvalue weighted by molar-refractivity contribution is 7.13. The minimum Gasteiger partial charge on any atom is -0.493 e. The van der Waals surface area contributed by atoms with E-state index in [0.717, 1.165) is 29.4 Å². The monoisotopic (exact) mass is 314 g/mol. The molecule has 0 saturated heterocycles. The van der Waals surface area contributed by atoms with Gasteiger partial charge in [0.2, 0.25) is 0 Å². The highest BCUT2D eigenvalue weighted by Gasteiger charge is 2.12. The summed E-state index contributed by atoms with van der Waals surface area (Å²) in [5, 5.41) is 1.19. The Morgan fingerprint density at radius 3 is 2.59 bits per heavy atom. The molecule has 3 rings (SSSR count). The van der Waals surface area contributed by atoms with Crippen LogP contribution in [0, 0.1) is 0 Å². The molecule has 0 aliphatic rings. The molecule has 0 amide bonds. The molecule has 4 nitrogen and oxygen atoms in total. The Hall–Kier alpha value is -2.27. The van der Waals surface area contributed by atoms with Gasteiger partial charge in [-0.3, -0.25) is 0 Å². The summed E-state index contributed by atoms with van der Waals surface area (Å²) in [6, 6.07) is 14.3. The molecule has 114 valence electrons. The van der Waals surface area contributed by atoms with Gasteiger partial charge >= 0.3 is 0 Å². The molecule has 0 unspecified atom stereocenters. The van der Waals surface area contributed by atoms with Crippen molar-refractivity contribution in [1.82, 2.24) is 4.37 Å². The molecule has 0 fully saturated rings. The second kappa shape index (κ2) is 6.23. The lowest BCUT2D eigenvalue weighted by Gasteiger charge is -2.18. The molecular weight excluding hydrogens is 296 g/mol. The predicted molar refractivity (Wildman–Crippen MR) is 91.3 cm³/mol. The van der Waals surface area contributed by atoms with E-state index >= 15 is 0 Å².